The van der Waals surface area contributed by atoms with Crippen molar-refractivity contribution in [2.24, 2.45) is 5.73 Å². The first-order valence-corrected chi connectivity index (χ1v) is 6.27. The molecule has 0 aliphatic heterocycles. The normalized spacial score (nSPS) is 11.3. The number of hydrogen-bond donors (Lipinski definition) is 2. The van der Waals surface area contributed by atoms with E-state index >= 15 is 0 Å². The molecule has 1 atom stereocenters. The number of hydrogen-bond acceptors (Lipinski definition) is 5. The van der Waals surface area contributed by atoms with Crippen LogP contribution in [0.2, 0.25) is 0 Å². The molecule has 21 heavy (non-hydrogen) atoms. The smallest absolute Gasteiger partial charge is 0.303 e. The molecule has 0 saturated carbocycles. The van der Waals surface area contributed by atoms with Gasteiger partial charge in [0.1, 0.15) is 11.8 Å². The van der Waals surface area contributed by atoms with Gasteiger partial charge in [0.05, 0.1) is 7.11 Å². The summed E-state index contributed by atoms with van der Waals surface area (Å²) in [5.74, 6) is -1.13. The minimum absolute atomic E-state index is 0.241. The van der Waals surface area contributed by atoms with Crippen molar-refractivity contribution in [1.82, 2.24) is 5.32 Å². The first-order valence-electron chi connectivity index (χ1n) is 6.27. The molecule has 2 amide bonds. The summed E-state index contributed by atoms with van der Waals surface area (Å²) in [4.78, 5) is 33.5. The van der Waals surface area contributed by atoms with Crippen LogP contribution in [0.4, 0.5) is 0 Å². The van der Waals surface area contributed by atoms with Gasteiger partial charge in [-0.2, -0.15) is 0 Å². The molecule has 0 saturated heterocycles. The number of primary amides is 1. The lowest BCUT2D eigenvalue weighted by Gasteiger charge is -2.15. The average Bonchev–Trinajstić information content (AvgIpc) is 2.45. The molecule has 7 nitrogen and oxygen atoms in total. The fourth-order valence-corrected chi connectivity index (χ4v) is 1.62. The van der Waals surface area contributed by atoms with E-state index in [0.29, 0.717) is 5.75 Å². The zero-order chi connectivity index (χ0) is 15.8. The maximum absolute atomic E-state index is 11.5. The maximum atomic E-state index is 11.5. The predicted molar refractivity (Wildman–Crippen MR) is 74.5 cm³/mol. The van der Waals surface area contributed by atoms with Crippen LogP contribution in [0.5, 0.6) is 5.75 Å². The van der Waals surface area contributed by atoms with Crippen LogP contribution in [0, 0.1) is 0 Å². The zero-order valence-electron chi connectivity index (χ0n) is 11.9. The predicted octanol–water partition coefficient (Wildman–Crippen LogP) is -0.229. The number of benzene rings is 1. The number of nitrogens with two attached hydrogens (primary N) is 1. The van der Waals surface area contributed by atoms with E-state index in [4.69, 9.17) is 10.5 Å². The van der Waals surface area contributed by atoms with Crippen molar-refractivity contribution in [2.45, 2.75) is 19.4 Å². The highest BCUT2D eigenvalue weighted by molar-refractivity contribution is 5.88. The van der Waals surface area contributed by atoms with Gasteiger partial charge >= 0.3 is 5.97 Å². The molecule has 1 aromatic rings. The Labute approximate surface area is 122 Å². The number of carbonyl (C=O) groups excluding carboxylic acids is 3. The van der Waals surface area contributed by atoms with Gasteiger partial charge in [0.2, 0.25) is 5.91 Å². The summed E-state index contributed by atoms with van der Waals surface area (Å²) in [5, 5.41) is 2.43. The van der Waals surface area contributed by atoms with E-state index in [1.54, 1.807) is 31.4 Å². The van der Waals surface area contributed by atoms with Crippen LogP contribution in [0.3, 0.4) is 0 Å². The van der Waals surface area contributed by atoms with E-state index in [0.717, 1.165) is 5.56 Å². The zero-order valence-corrected chi connectivity index (χ0v) is 11.9. The molecule has 0 unspecified atom stereocenters. The highest BCUT2D eigenvalue weighted by Gasteiger charge is 2.19. The second kappa shape index (κ2) is 7.88. The summed E-state index contributed by atoms with van der Waals surface area (Å²) < 4.78 is 9.58. The Morgan fingerprint density at radius 3 is 2.33 bits per heavy atom. The summed E-state index contributed by atoms with van der Waals surface area (Å²) in [7, 11) is 1.55. The number of nitrogens with one attached hydrogen (secondary N) is 1. The van der Waals surface area contributed by atoms with E-state index in [1.807, 2.05) is 0 Å². The van der Waals surface area contributed by atoms with Crippen LogP contribution < -0.4 is 15.8 Å². The molecule has 0 spiro atoms. The topological polar surface area (TPSA) is 108 Å². The van der Waals surface area contributed by atoms with Crippen molar-refractivity contribution < 1.29 is 23.9 Å². The SMILES string of the molecule is COc1ccc(C[C@H](NC(=O)COC(C)=O)C(N)=O)cc1. The van der Waals surface area contributed by atoms with Gasteiger partial charge in [0.15, 0.2) is 6.61 Å². The van der Waals surface area contributed by atoms with Crippen molar-refractivity contribution in [3.8, 4) is 5.75 Å². The molecule has 0 heterocycles. The molecule has 0 aliphatic carbocycles. The number of rotatable bonds is 7. The highest BCUT2D eigenvalue weighted by atomic mass is 16.5. The van der Waals surface area contributed by atoms with Crippen LogP contribution in [0.15, 0.2) is 24.3 Å². The van der Waals surface area contributed by atoms with E-state index < -0.39 is 30.4 Å². The fraction of sp³-hybridized carbons (Fsp3) is 0.357. The van der Waals surface area contributed by atoms with Gasteiger partial charge < -0.3 is 20.5 Å². The molecule has 3 N–H and O–H groups in total. The molecule has 0 aliphatic rings. The van der Waals surface area contributed by atoms with Crippen molar-refractivity contribution in [3.05, 3.63) is 29.8 Å². The van der Waals surface area contributed by atoms with Crippen molar-refractivity contribution in [2.75, 3.05) is 13.7 Å². The van der Waals surface area contributed by atoms with E-state index in [2.05, 4.69) is 10.1 Å². The van der Waals surface area contributed by atoms with Crippen LogP contribution in [-0.4, -0.2) is 37.5 Å². The molecule has 0 bridgehead atoms. The second-order valence-corrected chi connectivity index (χ2v) is 4.35. The van der Waals surface area contributed by atoms with Gasteiger partial charge in [-0.05, 0) is 17.7 Å². The third-order valence-electron chi connectivity index (χ3n) is 2.68. The Morgan fingerprint density at radius 1 is 1.24 bits per heavy atom. The molecule has 0 aromatic heterocycles. The average molecular weight is 294 g/mol. The lowest BCUT2D eigenvalue weighted by atomic mass is 10.1. The first kappa shape index (κ1) is 16.5. The van der Waals surface area contributed by atoms with E-state index in [9.17, 15) is 14.4 Å². The molecule has 1 aromatic carbocycles. The Hall–Kier alpha value is -2.57. The standard InChI is InChI=1S/C14H18N2O5/c1-9(17)21-8-13(18)16-12(14(15)19)7-10-3-5-11(20-2)6-4-10/h3-6,12H,7-8H2,1-2H3,(H2,15,19)(H,16,18)/t12-/m0/s1. The third kappa shape index (κ3) is 5.94. The maximum Gasteiger partial charge on any atom is 0.303 e. The summed E-state index contributed by atoms with van der Waals surface area (Å²) in [6, 6.07) is 6.16. The summed E-state index contributed by atoms with van der Waals surface area (Å²) in [6.07, 6.45) is 0.241. The molecular formula is C14H18N2O5. The molecular weight excluding hydrogens is 276 g/mol. The van der Waals surface area contributed by atoms with Crippen molar-refractivity contribution >= 4 is 17.8 Å². The van der Waals surface area contributed by atoms with Gasteiger partial charge in [-0.3, -0.25) is 14.4 Å². The minimum Gasteiger partial charge on any atom is -0.497 e. The van der Waals surface area contributed by atoms with Crippen LogP contribution in [0.1, 0.15) is 12.5 Å². The molecule has 7 heteroatoms. The molecule has 114 valence electrons. The van der Waals surface area contributed by atoms with Gasteiger partial charge in [-0.25, -0.2) is 0 Å². The third-order valence-corrected chi connectivity index (χ3v) is 2.68. The van der Waals surface area contributed by atoms with E-state index in [-0.39, 0.29) is 6.42 Å². The largest absolute Gasteiger partial charge is 0.497 e. The van der Waals surface area contributed by atoms with Gasteiger partial charge in [-0.1, -0.05) is 12.1 Å². The minimum atomic E-state index is -0.874. The van der Waals surface area contributed by atoms with Crippen LogP contribution in [-0.2, 0) is 25.5 Å². The number of methoxy groups -OCH3 is 1. The second-order valence-electron chi connectivity index (χ2n) is 4.35. The van der Waals surface area contributed by atoms with Gasteiger partial charge in [-0.15, -0.1) is 0 Å². The van der Waals surface area contributed by atoms with Gasteiger partial charge in [0, 0.05) is 13.3 Å². The monoisotopic (exact) mass is 294 g/mol. The summed E-state index contributed by atoms with van der Waals surface area (Å²) >= 11 is 0. The number of amides is 2. The van der Waals surface area contributed by atoms with Crippen LogP contribution >= 0.6 is 0 Å². The first-order chi connectivity index (χ1) is 9.92. The molecule has 0 radical (unpaired) electrons. The quantitative estimate of drug-likeness (QED) is 0.675. The highest BCUT2D eigenvalue weighted by Crippen LogP contribution is 2.12. The van der Waals surface area contributed by atoms with Crippen LogP contribution in [0.25, 0.3) is 0 Å². The number of ether oxygens (including phenoxy) is 2. The Balaban J connectivity index is 2.62. The number of esters is 1. The van der Waals surface area contributed by atoms with Gasteiger partial charge in [0.25, 0.3) is 5.91 Å². The molecule has 0 fully saturated rings. The summed E-state index contributed by atoms with van der Waals surface area (Å²) in [6.45, 7) is 0.748. The Bertz CT molecular complexity index is 513. The lowest BCUT2D eigenvalue weighted by Crippen LogP contribution is -2.47. The molecule has 1 rings (SSSR count). The Kier molecular flexibility index (Phi) is 6.19. The number of carbonyl (C=O) groups is 3. The van der Waals surface area contributed by atoms with E-state index in [1.165, 1.54) is 6.92 Å². The lowest BCUT2D eigenvalue weighted by molar-refractivity contribution is -0.146. The van der Waals surface area contributed by atoms with Crippen molar-refractivity contribution in [3.63, 3.8) is 0 Å². The fourth-order valence-electron chi connectivity index (χ4n) is 1.62. The Morgan fingerprint density at radius 2 is 1.86 bits per heavy atom. The van der Waals surface area contributed by atoms with Crippen molar-refractivity contribution in [1.29, 1.82) is 0 Å². The summed E-state index contributed by atoms with van der Waals surface area (Å²) in [5.41, 5.74) is 6.07.